The molecule has 1 saturated heterocycles. The summed E-state index contributed by atoms with van der Waals surface area (Å²) in [6, 6.07) is 0. The Bertz CT molecular complexity index is 378. The lowest BCUT2D eigenvalue weighted by molar-refractivity contribution is 0.0629. The van der Waals surface area contributed by atoms with E-state index in [2.05, 4.69) is 17.1 Å². The number of hydrogen-bond donors (Lipinski definition) is 0. The van der Waals surface area contributed by atoms with Crippen LogP contribution >= 0.6 is 0 Å². The van der Waals surface area contributed by atoms with E-state index in [1.54, 1.807) is 0 Å². The van der Waals surface area contributed by atoms with Crippen molar-refractivity contribution in [2.75, 3.05) is 26.8 Å². The monoisotopic (exact) mass is 280 g/mol. The molecule has 1 aromatic rings. The average Bonchev–Trinajstić information content (AvgIpc) is 2.77. The molecule has 2 heterocycles. The van der Waals surface area contributed by atoms with Crippen LogP contribution in [-0.4, -0.2) is 36.9 Å². The normalized spacial score (nSPS) is 17.0. The van der Waals surface area contributed by atoms with Crippen LogP contribution in [0.15, 0.2) is 4.52 Å². The minimum Gasteiger partial charge on any atom is -0.381 e. The van der Waals surface area contributed by atoms with Crippen LogP contribution < -0.4 is 0 Å². The fraction of sp³-hybridized carbons (Fsp3) is 0.812. The van der Waals surface area contributed by atoms with E-state index >= 15 is 0 Å². The first kappa shape index (κ1) is 15.5. The highest BCUT2D eigenvalue weighted by Gasteiger charge is 2.14. The smallest absolute Gasteiger partial charge is 0.138 e. The van der Waals surface area contributed by atoms with Crippen LogP contribution in [-0.2, 0) is 11.3 Å². The Morgan fingerprint density at radius 1 is 1.20 bits per heavy atom. The molecule has 0 atom stereocenters. The molecule has 0 saturated carbocycles. The van der Waals surface area contributed by atoms with E-state index in [-0.39, 0.29) is 0 Å². The number of nitrogens with zero attached hydrogens (tertiary/aromatic N) is 2. The number of aromatic nitrogens is 1. The van der Waals surface area contributed by atoms with Gasteiger partial charge in [-0.15, -0.1) is 0 Å². The molecule has 0 amide bonds. The summed E-state index contributed by atoms with van der Waals surface area (Å²) in [6.07, 6.45) is 6.49. The Morgan fingerprint density at radius 2 is 1.95 bits per heavy atom. The molecule has 0 aliphatic carbocycles. The van der Waals surface area contributed by atoms with Crippen LogP contribution in [0.2, 0.25) is 0 Å². The third-order valence-corrected chi connectivity index (χ3v) is 4.35. The maximum atomic E-state index is 5.40. The summed E-state index contributed by atoms with van der Waals surface area (Å²) in [4.78, 5) is 2.37. The molecule has 20 heavy (non-hydrogen) atoms. The summed E-state index contributed by atoms with van der Waals surface area (Å²) >= 11 is 0. The largest absolute Gasteiger partial charge is 0.381 e. The molecule has 0 unspecified atom stereocenters. The molecule has 0 spiro atoms. The first-order valence-electron chi connectivity index (χ1n) is 7.85. The van der Waals surface area contributed by atoms with Crippen LogP contribution in [0.25, 0.3) is 0 Å². The molecule has 0 bridgehead atoms. The van der Waals surface area contributed by atoms with Gasteiger partial charge in [0.2, 0.25) is 0 Å². The van der Waals surface area contributed by atoms with Crippen molar-refractivity contribution in [3.63, 3.8) is 0 Å². The van der Waals surface area contributed by atoms with E-state index in [0.29, 0.717) is 0 Å². The number of aryl methyl sites for hydroxylation is 2. The molecule has 1 aliphatic heterocycles. The number of unbranched alkanes of at least 4 members (excludes halogenated alkanes) is 1. The zero-order chi connectivity index (χ0) is 14.4. The SMILES string of the molecule is Cc1noc(C)c1CN(C)CCCCC1CCOCC1. The first-order chi connectivity index (χ1) is 9.66. The Hall–Kier alpha value is -0.870. The zero-order valence-corrected chi connectivity index (χ0v) is 13.2. The van der Waals surface area contributed by atoms with E-state index in [9.17, 15) is 0 Å². The third-order valence-electron chi connectivity index (χ3n) is 4.35. The van der Waals surface area contributed by atoms with Gasteiger partial charge < -0.3 is 14.2 Å². The molecule has 0 N–H and O–H groups in total. The second-order valence-electron chi connectivity index (χ2n) is 6.09. The predicted molar refractivity (Wildman–Crippen MR) is 79.7 cm³/mol. The van der Waals surface area contributed by atoms with Gasteiger partial charge in [0.25, 0.3) is 0 Å². The highest BCUT2D eigenvalue weighted by Crippen LogP contribution is 2.21. The Balaban J connectivity index is 1.61. The van der Waals surface area contributed by atoms with Crippen molar-refractivity contribution in [1.82, 2.24) is 10.1 Å². The van der Waals surface area contributed by atoms with Crippen molar-refractivity contribution in [3.8, 4) is 0 Å². The van der Waals surface area contributed by atoms with E-state index < -0.39 is 0 Å². The van der Waals surface area contributed by atoms with Crippen LogP contribution in [0.5, 0.6) is 0 Å². The Morgan fingerprint density at radius 3 is 2.60 bits per heavy atom. The van der Waals surface area contributed by atoms with Crippen molar-refractivity contribution in [1.29, 1.82) is 0 Å². The molecular weight excluding hydrogens is 252 g/mol. The van der Waals surface area contributed by atoms with Crippen molar-refractivity contribution in [2.45, 2.75) is 52.5 Å². The molecule has 0 aromatic carbocycles. The van der Waals surface area contributed by atoms with Gasteiger partial charge >= 0.3 is 0 Å². The number of ether oxygens (including phenoxy) is 1. The zero-order valence-electron chi connectivity index (χ0n) is 13.2. The Kier molecular flexibility index (Phi) is 6.05. The lowest BCUT2D eigenvalue weighted by atomic mass is 9.94. The first-order valence-corrected chi connectivity index (χ1v) is 7.85. The predicted octanol–water partition coefficient (Wildman–Crippen LogP) is 3.32. The lowest BCUT2D eigenvalue weighted by Gasteiger charge is -2.22. The molecule has 1 fully saturated rings. The number of hydrogen-bond acceptors (Lipinski definition) is 4. The topological polar surface area (TPSA) is 38.5 Å². The van der Waals surface area contributed by atoms with E-state index in [4.69, 9.17) is 9.26 Å². The van der Waals surface area contributed by atoms with Gasteiger partial charge in [0.05, 0.1) is 5.69 Å². The summed E-state index contributed by atoms with van der Waals surface area (Å²) in [5, 5.41) is 4.01. The molecule has 1 aliphatic rings. The van der Waals surface area contributed by atoms with Crippen LogP contribution in [0.4, 0.5) is 0 Å². The standard InChI is InChI=1S/C16H28N2O2/c1-13-16(14(2)20-17-13)12-18(3)9-5-4-6-15-7-10-19-11-8-15/h15H,4-12H2,1-3H3. The van der Waals surface area contributed by atoms with Crippen molar-refractivity contribution < 1.29 is 9.26 Å². The molecule has 4 nitrogen and oxygen atoms in total. The summed E-state index contributed by atoms with van der Waals surface area (Å²) in [5.74, 6) is 1.85. The van der Waals surface area contributed by atoms with Gasteiger partial charge in [0.15, 0.2) is 0 Å². The fourth-order valence-corrected chi connectivity index (χ4v) is 2.93. The summed E-state index contributed by atoms with van der Waals surface area (Å²) in [6.45, 7) is 8.04. The van der Waals surface area contributed by atoms with E-state index in [1.807, 2.05) is 13.8 Å². The van der Waals surface area contributed by atoms with Gasteiger partial charge in [-0.25, -0.2) is 0 Å². The molecule has 0 radical (unpaired) electrons. The van der Waals surface area contributed by atoms with Crippen molar-refractivity contribution in [3.05, 3.63) is 17.0 Å². The number of rotatable bonds is 7. The minimum absolute atomic E-state index is 0.900. The molecular formula is C16H28N2O2. The van der Waals surface area contributed by atoms with Crippen LogP contribution in [0.3, 0.4) is 0 Å². The third kappa shape index (κ3) is 4.60. The van der Waals surface area contributed by atoms with Gasteiger partial charge in [-0.3, -0.25) is 0 Å². The molecule has 114 valence electrons. The second-order valence-corrected chi connectivity index (χ2v) is 6.09. The molecule has 2 rings (SSSR count). The highest BCUT2D eigenvalue weighted by molar-refractivity contribution is 5.20. The summed E-state index contributed by atoms with van der Waals surface area (Å²) in [5.41, 5.74) is 2.27. The van der Waals surface area contributed by atoms with E-state index in [1.165, 1.54) is 37.7 Å². The quantitative estimate of drug-likeness (QED) is 0.718. The van der Waals surface area contributed by atoms with Crippen LogP contribution in [0, 0.1) is 19.8 Å². The van der Waals surface area contributed by atoms with Crippen LogP contribution in [0.1, 0.15) is 49.1 Å². The van der Waals surface area contributed by atoms with Crippen molar-refractivity contribution >= 4 is 0 Å². The van der Waals surface area contributed by atoms with Crippen molar-refractivity contribution in [2.24, 2.45) is 5.92 Å². The summed E-state index contributed by atoms with van der Waals surface area (Å²) in [7, 11) is 2.18. The average molecular weight is 280 g/mol. The highest BCUT2D eigenvalue weighted by atomic mass is 16.5. The molecule has 1 aromatic heterocycles. The second kappa shape index (κ2) is 7.79. The maximum Gasteiger partial charge on any atom is 0.138 e. The molecule has 4 heteroatoms. The van der Waals surface area contributed by atoms with Gasteiger partial charge in [-0.2, -0.15) is 0 Å². The van der Waals surface area contributed by atoms with Gasteiger partial charge in [-0.1, -0.05) is 18.0 Å². The van der Waals surface area contributed by atoms with Gasteiger partial charge in [-0.05, 0) is 52.6 Å². The van der Waals surface area contributed by atoms with E-state index in [0.717, 1.165) is 43.7 Å². The maximum absolute atomic E-state index is 5.40. The minimum atomic E-state index is 0.900. The van der Waals surface area contributed by atoms with Gasteiger partial charge in [0, 0.05) is 25.3 Å². The fourth-order valence-electron chi connectivity index (χ4n) is 2.93. The van der Waals surface area contributed by atoms with Gasteiger partial charge in [0.1, 0.15) is 5.76 Å². The Labute approximate surface area is 122 Å². The summed E-state index contributed by atoms with van der Waals surface area (Å²) < 4.78 is 10.6. The lowest BCUT2D eigenvalue weighted by Crippen LogP contribution is -2.20.